The summed E-state index contributed by atoms with van der Waals surface area (Å²) in [7, 11) is 0. The van der Waals surface area contributed by atoms with Gasteiger partial charge in [-0.15, -0.1) is 0 Å². The molecule has 0 radical (unpaired) electrons. The van der Waals surface area contributed by atoms with E-state index in [9.17, 15) is 9.59 Å². The van der Waals surface area contributed by atoms with Crippen LogP contribution in [0.4, 0.5) is 0 Å². The van der Waals surface area contributed by atoms with Crippen molar-refractivity contribution in [2.75, 3.05) is 25.6 Å². The summed E-state index contributed by atoms with van der Waals surface area (Å²) in [4.78, 5) is 33.3. The average Bonchev–Trinajstić information content (AvgIpc) is 3.28. The van der Waals surface area contributed by atoms with Crippen molar-refractivity contribution in [2.24, 2.45) is 11.8 Å². The predicted octanol–water partition coefficient (Wildman–Crippen LogP) is 3.96. The third-order valence-electron chi connectivity index (χ3n) is 6.43. The maximum atomic E-state index is 13.5. The van der Waals surface area contributed by atoms with Crippen molar-refractivity contribution in [1.29, 1.82) is 0 Å². The first-order valence-corrected chi connectivity index (χ1v) is 12.7. The summed E-state index contributed by atoms with van der Waals surface area (Å²) >= 11 is 1.34. The fourth-order valence-electron chi connectivity index (χ4n) is 4.87. The molecule has 178 valence electrons. The molecule has 2 aliphatic rings. The van der Waals surface area contributed by atoms with Crippen LogP contribution >= 0.6 is 11.8 Å². The largest absolute Gasteiger partial charge is 0.454 e. The number of aryl methyl sites for hydroxylation is 1. The lowest BCUT2D eigenvalue weighted by Crippen LogP contribution is -2.43. The molecule has 0 spiro atoms. The molecule has 1 amide bonds. The smallest absolute Gasteiger partial charge is 0.262 e. The number of amides is 1. The van der Waals surface area contributed by atoms with Crippen LogP contribution in [0.5, 0.6) is 11.5 Å². The number of hydrogen-bond acceptors (Lipinski definition) is 6. The number of aromatic nitrogens is 2. The first-order valence-electron chi connectivity index (χ1n) is 11.8. The number of fused-ring (bicyclic) bond motifs is 2. The Labute approximate surface area is 203 Å². The topological polar surface area (TPSA) is 73.7 Å². The van der Waals surface area contributed by atoms with Crippen LogP contribution in [0.3, 0.4) is 0 Å². The number of carbonyl (C=O) groups excluding carboxylic acids is 1. The number of nitrogens with zero attached hydrogens (tertiary/aromatic N) is 3. The minimum atomic E-state index is -0.130. The number of benzene rings is 2. The van der Waals surface area contributed by atoms with E-state index < -0.39 is 0 Å². The first-order chi connectivity index (χ1) is 16.5. The molecular weight excluding hydrogens is 450 g/mol. The van der Waals surface area contributed by atoms with Gasteiger partial charge >= 0.3 is 0 Å². The van der Waals surface area contributed by atoms with Crippen LogP contribution in [0.2, 0.25) is 0 Å². The summed E-state index contributed by atoms with van der Waals surface area (Å²) in [6.45, 7) is 6.59. The fraction of sp³-hybridized carbons (Fsp3) is 0.423. The normalized spacial score (nSPS) is 19.5. The van der Waals surface area contributed by atoms with Gasteiger partial charge in [-0.2, -0.15) is 0 Å². The van der Waals surface area contributed by atoms with Crippen LogP contribution in [0.15, 0.2) is 52.4 Å². The van der Waals surface area contributed by atoms with Gasteiger partial charge in [0, 0.05) is 25.7 Å². The van der Waals surface area contributed by atoms with Crippen molar-refractivity contribution in [3.05, 3.63) is 58.4 Å². The van der Waals surface area contributed by atoms with Gasteiger partial charge in [0.15, 0.2) is 16.7 Å². The van der Waals surface area contributed by atoms with E-state index in [0.717, 1.165) is 25.1 Å². The van der Waals surface area contributed by atoms with E-state index in [4.69, 9.17) is 14.5 Å². The molecule has 5 rings (SSSR count). The Kier molecular flexibility index (Phi) is 6.50. The molecule has 2 atom stereocenters. The molecule has 3 heterocycles. The maximum Gasteiger partial charge on any atom is 0.262 e. The highest BCUT2D eigenvalue weighted by Gasteiger charge is 2.26. The van der Waals surface area contributed by atoms with E-state index in [-0.39, 0.29) is 24.0 Å². The number of ether oxygens (including phenoxy) is 2. The number of rotatable bonds is 6. The second-order valence-corrected chi connectivity index (χ2v) is 10.3. The van der Waals surface area contributed by atoms with Crippen molar-refractivity contribution in [3.63, 3.8) is 0 Å². The van der Waals surface area contributed by atoms with Gasteiger partial charge in [0.05, 0.1) is 16.7 Å². The first kappa shape index (κ1) is 22.8. The molecule has 0 N–H and O–H groups in total. The molecule has 8 heteroatoms. The van der Waals surface area contributed by atoms with E-state index in [1.54, 1.807) is 16.7 Å². The van der Waals surface area contributed by atoms with Crippen molar-refractivity contribution in [1.82, 2.24) is 14.5 Å². The van der Waals surface area contributed by atoms with E-state index in [1.165, 1.54) is 11.8 Å². The fourth-order valence-corrected chi connectivity index (χ4v) is 5.80. The molecule has 34 heavy (non-hydrogen) atoms. The highest BCUT2D eigenvalue weighted by atomic mass is 32.2. The average molecular weight is 480 g/mol. The van der Waals surface area contributed by atoms with Crippen molar-refractivity contribution >= 4 is 28.6 Å². The minimum Gasteiger partial charge on any atom is -0.454 e. The Morgan fingerprint density at radius 3 is 2.53 bits per heavy atom. The molecule has 0 saturated carbocycles. The van der Waals surface area contributed by atoms with Gasteiger partial charge in [0.1, 0.15) is 0 Å². The van der Waals surface area contributed by atoms with Crippen LogP contribution in [-0.2, 0) is 17.8 Å². The number of carbonyl (C=O) groups is 1. The van der Waals surface area contributed by atoms with E-state index in [0.29, 0.717) is 52.4 Å². The highest BCUT2D eigenvalue weighted by molar-refractivity contribution is 7.99. The van der Waals surface area contributed by atoms with Crippen LogP contribution in [-0.4, -0.2) is 46.0 Å². The van der Waals surface area contributed by atoms with Crippen LogP contribution in [0.25, 0.3) is 10.9 Å². The predicted molar refractivity (Wildman–Crippen MR) is 133 cm³/mol. The Balaban J connectivity index is 1.44. The van der Waals surface area contributed by atoms with Crippen molar-refractivity contribution in [2.45, 2.75) is 38.4 Å². The van der Waals surface area contributed by atoms with Crippen LogP contribution in [0, 0.1) is 11.8 Å². The highest BCUT2D eigenvalue weighted by Crippen LogP contribution is 2.35. The quantitative estimate of drug-likeness (QED) is 0.394. The lowest BCUT2D eigenvalue weighted by Gasteiger charge is -2.35. The number of hydrogen-bond donors (Lipinski definition) is 0. The van der Waals surface area contributed by atoms with Gasteiger partial charge in [-0.05, 0) is 36.3 Å². The maximum absolute atomic E-state index is 13.5. The summed E-state index contributed by atoms with van der Waals surface area (Å²) < 4.78 is 12.6. The van der Waals surface area contributed by atoms with Crippen LogP contribution in [0.1, 0.15) is 25.8 Å². The Hall–Kier alpha value is -3.00. The number of thioether (sulfide) groups is 1. The molecule has 2 unspecified atom stereocenters. The summed E-state index contributed by atoms with van der Waals surface area (Å²) in [6, 6.07) is 13.5. The third kappa shape index (κ3) is 4.78. The van der Waals surface area contributed by atoms with Crippen molar-refractivity contribution in [3.8, 4) is 11.5 Å². The van der Waals surface area contributed by atoms with Gasteiger partial charge in [-0.25, -0.2) is 4.98 Å². The molecule has 0 aliphatic carbocycles. The summed E-state index contributed by atoms with van der Waals surface area (Å²) in [5, 5.41) is 1.05. The monoisotopic (exact) mass is 479 g/mol. The van der Waals surface area contributed by atoms with E-state index in [2.05, 4.69) is 13.8 Å². The molecule has 1 aromatic heterocycles. The zero-order valence-corrected chi connectivity index (χ0v) is 20.3. The second-order valence-electron chi connectivity index (χ2n) is 9.34. The molecule has 7 nitrogen and oxygen atoms in total. The molecule has 2 aromatic carbocycles. The van der Waals surface area contributed by atoms with Crippen LogP contribution < -0.4 is 15.0 Å². The molecule has 0 bridgehead atoms. The van der Waals surface area contributed by atoms with E-state index in [1.807, 2.05) is 35.2 Å². The zero-order valence-electron chi connectivity index (χ0n) is 19.5. The summed E-state index contributed by atoms with van der Waals surface area (Å²) in [6.07, 6.45) is 1.85. The Bertz CT molecular complexity index is 1250. The minimum absolute atomic E-state index is 0.0954. The molecular formula is C26H29N3O4S. The molecule has 2 aliphatic heterocycles. The standard InChI is InChI=1S/C26H29N3O4S/c1-17-10-18(2)14-28(13-17)24(30)15-34-26-27-21-12-23-22(32-16-33-23)11-20(21)25(31)29(26)9-8-19-6-4-3-5-7-19/h3-7,11-12,17-18H,8-10,13-16H2,1-2H3. The Morgan fingerprint density at radius 2 is 1.79 bits per heavy atom. The summed E-state index contributed by atoms with van der Waals surface area (Å²) in [5.41, 5.74) is 1.57. The molecule has 1 saturated heterocycles. The lowest BCUT2D eigenvalue weighted by atomic mass is 9.92. The molecule has 3 aromatic rings. The molecule has 1 fully saturated rings. The third-order valence-corrected chi connectivity index (χ3v) is 7.39. The SMILES string of the molecule is CC1CC(C)CN(C(=O)CSc2nc3cc4c(cc3c(=O)n2CCc2ccccc2)OCO4)C1. The van der Waals surface area contributed by atoms with Crippen molar-refractivity contribution < 1.29 is 14.3 Å². The lowest BCUT2D eigenvalue weighted by molar-refractivity contribution is -0.130. The van der Waals surface area contributed by atoms with Gasteiger partial charge in [-0.1, -0.05) is 55.9 Å². The summed E-state index contributed by atoms with van der Waals surface area (Å²) in [5.74, 6) is 2.51. The van der Waals surface area contributed by atoms with Gasteiger partial charge < -0.3 is 14.4 Å². The van der Waals surface area contributed by atoms with E-state index >= 15 is 0 Å². The Morgan fingerprint density at radius 1 is 1.09 bits per heavy atom. The van der Waals surface area contributed by atoms with Gasteiger partial charge in [0.2, 0.25) is 12.7 Å². The second kappa shape index (κ2) is 9.70. The number of piperidine rings is 1. The van der Waals surface area contributed by atoms with Gasteiger partial charge in [0.25, 0.3) is 5.56 Å². The van der Waals surface area contributed by atoms with Gasteiger partial charge in [-0.3, -0.25) is 14.2 Å². The zero-order chi connectivity index (χ0) is 23.7. The number of likely N-dealkylation sites (tertiary alicyclic amines) is 1.